The lowest BCUT2D eigenvalue weighted by Crippen LogP contribution is -2.47. The fourth-order valence-corrected chi connectivity index (χ4v) is 2.96. The monoisotopic (exact) mass is 274 g/mol. The molecule has 4 nitrogen and oxygen atoms in total. The Hall–Kier alpha value is -1.55. The maximum absolute atomic E-state index is 12.7. The van der Waals surface area contributed by atoms with Crippen molar-refractivity contribution < 1.29 is 9.53 Å². The van der Waals surface area contributed by atoms with E-state index in [4.69, 9.17) is 4.74 Å². The SMILES string of the molecule is CN1CCN(C(=O)c2cccc3c2OC(C)(C)C3)CC1. The van der Waals surface area contributed by atoms with Crippen molar-refractivity contribution in [3.8, 4) is 5.75 Å². The number of likely N-dealkylation sites (N-methyl/N-ethyl adjacent to an activating group) is 1. The van der Waals surface area contributed by atoms with Crippen LogP contribution in [-0.4, -0.2) is 54.5 Å². The third kappa shape index (κ3) is 2.40. The molecular weight excluding hydrogens is 252 g/mol. The van der Waals surface area contributed by atoms with Gasteiger partial charge >= 0.3 is 0 Å². The van der Waals surface area contributed by atoms with Crippen molar-refractivity contribution in [3.05, 3.63) is 29.3 Å². The van der Waals surface area contributed by atoms with Crippen LogP contribution in [0, 0.1) is 0 Å². The summed E-state index contributed by atoms with van der Waals surface area (Å²) in [5.41, 5.74) is 1.66. The summed E-state index contributed by atoms with van der Waals surface area (Å²) in [6.45, 7) is 7.60. The van der Waals surface area contributed by atoms with Gasteiger partial charge in [0.25, 0.3) is 5.91 Å². The molecule has 0 unspecified atom stereocenters. The van der Waals surface area contributed by atoms with Crippen LogP contribution in [0.4, 0.5) is 0 Å². The van der Waals surface area contributed by atoms with Crippen LogP contribution in [0.3, 0.4) is 0 Å². The van der Waals surface area contributed by atoms with Crippen molar-refractivity contribution in [2.45, 2.75) is 25.9 Å². The van der Waals surface area contributed by atoms with Crippen LogP contribution < -0.4 is 4.74 Å². The van der Waals surface area contributed by atoms with Gasteiger partial charge in [-0.25, -0.2) is 0 Å². The molecular formula is C16H22N2O2. The predicted molar refractivity (Wildman–Crippen MR) is 78.3 cm³/mol. The molecule has 0 radical (unpaired) electrons. The predicted octanol–water partition coefficient (Wildman–Crippen LogP) is 1.79. The molecule has 0 atom stereocenters. The summed E-state index contributed by atoms with van der Waals surface area (Å²) >= 11 is 0. The highest BCUT2D eigenvalue weighted by Crippen LogP contribution is 2.38. The molecule has 1 fully saturated rings. The minimum Gasteiger partial charge on any atom is -0.486 e. The number of hydrogen-bond donors (Lipinski definition) is 0. The third-order valence-electron chi connectivity index (χ3n) is 4.11. The highest BCUT2D eigenvalue weighted by atomic mass is 16.5. The number of hydrogen-bond acceptors (Lipinski definition) is 3. The van der Waals surface area contributed by atoms with Gasteiger partial charge in [-0.05, 0) is 32.5 Å². The first-order chi connectivity index (χ1) is 9.46. The lowest BCUT2D eigenvalue weighted by Gasteiger charge is -2.32. The van der Waals surface area contributed by atoms with Gasteiger partial charge in [0.2, 0.25) is 0 Å². The van der Waals surface area contributed by atoms with Crippen LogP contribution in [0.15, 0.2) is 18.2 Å². The van der Waals surface area contributed by atoms with E-state index in [0.29, 0.717) is 0 Å². The normalized spacial score (nSPS) is 21.4. The summed E-state index contributed by atoms with van der Waals surface area (Å²) < 4.78 is 6.00. The standard InChI is InChI=1S/C16H22N2O2/c1-16(2)11-12-5-4-6-13(14(12)20-16)15(19)18-9-7-17(3)8-10-18/h4-6H,7-11H2,1-3H3. The zero-order valence-electron chi connectivity index (χ0n) is 12.5. The van der Waals surface area contributed by atoms with E-state index >= 15 is 0 Å². The van der Waals surface area contributed by atoms with Crippen molar-refractivity contribution in [1.82, 2.24) is 9.80 Å². The van der Waals surface area contributed by atoms with Gasteiger partial charge in [0.15, 0.2) is 0 Å². The van der Waals surface area contributed by atoms with E-state index in [1.165, 1.54) is 0 Å². The lowest BCUT2D eigenvalue weighted by molar-refractivity contribution is 0.0654. The topological polar surface area (TPSA) is 32.8 Å². The highest BCUT2D eigenvalue weighted by Gasteiger charge is 2.34. The van der Waals surface area contributed by atoms with Gasteiger partial charge in [0, 0.05) is 32.6 Å². The molecule has 1 saturated heterocycles. The molecule has 0 aromatic heterocycles. The Morgan fingerprint density at radius 3 is 2.60 bits per heavy atom. The number of piperazine rings is 1. The first-order valence-electron chi connectivity index (χ1n) is 7.25. The van der Waals surface area contributed by atoms with Crippen LogP contribution in [0.2, 0.25) is 0 Å². The summed E-state index contributed by atoms with van der Waals surface area (Å²) in [5, 5.41) is 0. The van der Waals surface area contributed by atoms with E-state index in [1.54, 1.807) is 0 Å². The Kier molecular flexibility index (Phi) is 3.21. The first kappa shape index (κ1) is 13.4. The van der Waals surface area contributed by atoms with E-state index in [2.05, 4.69) is 31.9 Å². The molecule has 1 amide bonds. The molecule has 4 heteroatoms. The molecule has 20 heavy (non-hydrogen) atoms. The summed E-state index contributed by atoms with van der Waals surface area (Å²) in [4.78, 5) is 16.9. The number of para-hydroxylation sites is 1. The molecule has 2 aliphatic heterocycles. The summed E-state index contributed by atoms with van der Waals surface area (Å²) in [7, 11) is 2.09. The summed E-state index contributed by atoms with van der Waals surface area (Å²) in [6, 6.07) is 5.92. The molecule has 0 bridgehead atoms. The van der Waals surface area contributed by atoms with E-state index in [9.17, 15) is 4.79 Å². The van der Waals surface area contributed by atoms with Crippen molar-refractivity contribution in [2.75, 3.05) is 33.2 Å². The van der Waals surface area contributed by atoms with Gasteiger partial charge in [-0.1, -0.05) is 12.1 Å². The Labute approximate surface area is 120 Å². The fourth-order valence-electron chi connectivity index (χ4n) is 2.96. The fraction of sp³-hybridized carbons (Fsp3) is 0.562. The van der Waals surface area contributed by atoms with Crippen molar-refractivity contribution in [1.29, 1.82) is 0 Å². The molecule has 0 spiro atoms. The smallest absolute Gasteiger partial charge is 0.257 e. The Morgan fingerprint density at radius 1 is 1.20 bits per heavy atom. The molecule has 0 saturated carbocycles. The van der Waals surface area contributed by atoms with Gasteiger partial charge in [-0.2, -0.15) is 0 Å². The van der Waals surface area contributed by atoms with Gasteiger partial charge in [-0.3, -0.25) is 4.79 Å². The molecule has 3 rings (SSSR count). The van der Waals surface area contributed by atoms with Crippen molar-refractivity contribution in [2.24, 2.45) is 0 Å². The lowest BCUT2D eigenvalue weighted by atomic mass is 10.00. The molecule has 108 valence electrons. The summed E-state index contributed by atoms with van der Waals surface area (Å²) in [5.74, 6) is 0.897. The maximum Gasteiger partial charge on any atom is 0.257 e. The summed E-state index contributed by atoms with van der Waals surface area (Å²) in [6.07, 6.45) is 0.867. The van der Waals surface area contributed by atoms with Crippen LogP contribution in [-0.2, 0) is 6.42 Å². The van der Waals surface area contributed by atoms with E-state index in [1.807, 2.05) is 17.0 Å². The second kappa shape index (κ2) is 4.77. The van der Waals surface area contributed by atoms with Gasteiger partial charge in [0.1, 0.15) is 11.4 Å². The molecule has 1 aromatic rings. The average molecular weight is 274 g/mol. The first-order valence-corrected chi connectivity index (χ1v) is 7.25. The third-order valence-corrected chi connectivity index (χ3v) is 4.11. The number of fused-ring (bicyclic) bond motifs is 1. The van der Waals surface area contributed by atoms with Crippen molar-refractivity contribution >= 4 is 5.91 Å². The zero-order valence-corrected chi connectivity index (χ0v) is 12.5. The largest absolute Gasteiger partial charge is 0.486 e. The van der Waals surface area contributed by atoms with Crippen LogP contribution in [0.5, 0.6) is 5.75 Å². The number of nitrogens with zero attached hydrogens (tertiary/aromatic N) is 2. The van der Waals surface area contributed by atoms with Gasteiger partial charge in [-0.15, -0.1) is 0 Å². The van der Waals surface area contributed by atoms with E-state index in [0.717, 1.165) is 49.5 Å². The number of rotatable bonds is 1. The van der Waals surface area contributed by atoms with Crippen LogP contribution >= 0.6 is 0 Å². The van der Waals surface area contributed by atoms with Gasteiger partial charge < -0.3 is 14.5 Å². The number of ether oxygens (including phenoxy) is 1. The van der Waals surface area contributed by atoms with E-state index < -0.39 is 0 Å². The van der Waals surface area contributed by atoms with Crippen LogP contribution in [0.25, 0.3) is 0 Å². The Bertz CT molecular complexity index is 531. The van der Waals surface area contributed by atoms with Crippen LogP contribution in [0.1, 0.15) is 29.8 Å². The Balaban J connectivity index is 1.85. The number of carbonyl (C=O) groups is 1. The van der Waals surface area contributed by atoms with Crippen molar-refractivity contribution in [3.63, 3.8) is 0 Å². The molecule has 0 aliphatic carbocycles. The second-order valence-electron chi connectivity index (χ2n) is 6.43. The minimum absolute atomic E-state index is 0.104. The second-order valence-corrected chi connectivity index (χ2v) is 6.43. The Morgan fingerprint density at radius 2 is 1.90 bits per heavy atom. The number of amides is 1. The number of carbonyl (C=O) groups excluding carboxylic acids is 1. The molecule has 1 aromatic carbocycles. The molecule has 2 aliphatic rings. The molecule has 2 heterocycles. The minimum atomic E-state index is -0.208. The van der Waals surface area contributed by atoms with E-state index in [-0.39, 0.29) is 11.5 Å². The van der Waals surface area contributed by atoms with Gasteiger partial charge in [0.05, 0.1) is 5.56 Å². The average Bonchev–Trinajstić information content (AvgIpc) is 2.72. The molecule has 0 N–H and O–H groups in total. The quantitative estimate of drug-likeness (QED) is 0.782. The number of benzene rings is 1. The maximum atomic E-state index is 12.7. The highest BCUT2D eigenvalue weighted by molar-refractivity contribution is 5.97. The zero-order chi connectivity index (χ0) is 14.3.